The lowest BCUT2D eigenvalue weighted by Gasteiger charge is -2.10. The molecule has 0 aliphatic rings. The number of aromatic nitrogens is 1. The van der Waals surface area contributed by atoms with Crippen molar-refractivity contribution in [2.24, 2.45) is 0 Å². The van der Waals surface area contributed by atoms with E-state index < -0.39 is 6.10 Å². The maximum atomic E-state index is 9.50. The van der Waals surface area contributed by atoms with E-state index in [1.807, 2.05) is 43.3 Å². The SMILES string of the molecule is Cc1cc(Oc2ccccc2)ncc1C(C)O. The van der Waals surface area contributed by atoms with Crippen LogP contribution >= 0.6 is 0 Å². The second-order valence-corrected chi connectivity index (χ2v) is 3.97. The molecule has 2 aromatic rings. The predicted molar refractivity (Wildman–Crippen MR) is 66.1 cm³/mol. The van der Waals surface area contributed by atoms with Crippen molar-refractivity contribution in [3.63, 3.8) is 0 Å². The Hall–Kier alpha value is -1.87. The van der Waals surface area contributed by atoms with Gasteiger partial charge in [0.05, 0.1) is 6.10 Å². The molecule has 0 bridgehead atoms. The first-order chi connectivity index (χ1) is 8.16. The topological polar surface area (TPSA) is 42.4 Å². The fourth-order valence-electron chi connectivity index (χ4n) is 1.64. The van der Waals surface area contributed by atoms with E-state index in [9.17, 15) is 5.11 Å². The van der Waals surface area contributed by atoms with Gasteiger partial charge in [-0.05, 0) is 31.5 Å². The van der Waals surface area contributed by atoms with Crippen LogP contribution in [0.4, 0.5) is 0 Å². The Morgan fingerprint density at radius 2 is 1.94 bits per heavy atom. The molecule has 3 nitrogen and oxygen atoms in total. The summed E-state index contributed by atoms with van der Waals surface area (Å²) in [5, 5.41) is 9.50. The largest absolute Gasteiger partial charge is 0.439 e. The lowest BCUT2D eigenvalue weighted by Crippen LogP contribution is -1.97. The summed E-state index contributed by atoms with van der Waals surface area (Å²) >= 11 is 0. The molecule has 0 radical (unpaired) electrons. The first-order valence-electron chi connectivity index (χ1n) is 5.54. The smallest absolute Gasteiger partial charge is 0.219 e. The number of ether oxygens (including phenoxy) is 1. The Morgan fingerprint density at radius 1 is 1.24 bits per heavy atom. The molecular weight excluding hydrogens is 214 g/mol. The number of nitrogens with zero attached hydrogens (tertiary/aromatic N) is 1. The monoisotopic (exact) mass is 229 g/mol. The number of hydrogen-bond acceptors (Lipinski definition) is 3. The highest BCUT2D eigenvalue weighted by molar-refractivity contribution is 5.32. The van der Waals surface area contributed by atoms with Crippen LogP contribution < -0.4 is 4.74 Å². The van der Waals surface area contributed by atoms with Crippen LogP contribution in [0.15, 0.2) is 42.6 Å². The molecule has 0 aliphatic heterocycles. The minimum atomic E-state index is -0.506. The van der Waals surface area contributed by atoms with Crippen LogP contribution in [-0.2, 0) is 0 Å². The second kappa shape index (κ2) is 4.97. The Kier molecular flexibility index (Phi) is 3.40. The maximum absolute atomic E-state index is 9.50. The van der Waals surface area contributed by atoms with Crippen molar-refractivity contribution in [2.45, 2.75) is 20.0 Å². The van der Waals surface area contributed by atoms with E-state index in [1.165, 1.54) is 0 Å². The zero-order valence-corrected chi connectivity index (χ0v) is 9.92. The van der Waals surface area contributed by atoms with Crippen LogP contribution in [-0.4, -0.2) is 10.1 Å². The third-order valence-electron chi connectivity index (χ3n) is 2.54. The van der Waals surface area contributed by atoms with Crippen LogP contribution in [0, 0.1) is 6.92 Å². The van der Waals surface area contributed by atoms with E-state index >= 15 is 0 Å². The van der Waals surface area contributed by atoms with Gasteiger partial charge >= 0.3 is 0 Å². The van der Waals surface area contributed by atoms with Crippen molar-refractivity contribution in [1.82, 2.24) is 4.98 Å². The number of aliphatic hydroxyl groups is 1. The minimum Gasteiger partial charge on any atom is -0.439 e. The average Bonchev–Trinajstić information content (AvgIpc) is 2.30. The normalized spacial score (nSPS) is 12.2. The predicted octanol–water partition coefficient (Wildman–Crippen LogP) is 3.24. The van der Waals surface area contributed by atoms with Crippen molar-refractivity contribution in [3.8, 4) is 11.6 Å². The molecule has 1 aromatic carbocycles. The molecule has 17 heavy (non-hydrogen) atoms. The summed E-state index contributed by atoms with van der Waals surface area (Å²) in [6.45, 7) is 3.66. The third-order valence-corrected chi connectivity index (χ3v) is 2.54. The molecule has 1 aromatic heterocycles. The molecule has 88 valence electrons. The molecule has 1 N–H and O–H groups in total. The number of aliphatic hydroxyl groups excluding tert-OH is 1. The first-order valence-corrected chi connectivity index (χ1v) is 5.54. The van der Waals surface area contributed by atoms with Crippen molar-refractivity contribution in [2.75, 3.05) is 0 Å². The highest BCUT2D eigenvalue weighted by atomic mass is 16.5. The number of benzene rings is 1. The summed E-state index contributed by atoms with van der Waals surface area (Å²) in [5.74, 6) is 1.29. The fourth-order valence-corrected chi connectivity index (χ4v) is 1.64. The highest BCUT2D eigenvalue weighted by Gasteiger charge is 2.07. The molecule has 0 saturated heterocycles. The van der Waals surface area contributed by atoms with Crippen molar-refractivity contribution >= 4 is 0 Å². The van der Waals surface area contributed by atoms with Gasteiger partial charge in [0.2, 0.25) is 5.88 Å². The number of para-hydroxylation sites is 1. The molecule has 0 saturated carbocycles. The second-order valence-electron chi connectivity index (χ2n) is 3.97. The van der Waals surface area contributed by atoms with Gasteiger partial charge in [0, 0.05) is 17.8 Å². The van der Waals surface area contributed by atoms with Crippen molar-refractivity contribution < 1.29 is 9.84 Å². The Morgan fingerprint density at radius 3 is 2.53 bits per heavy atom. The lowest BCUT2D eigenvalue weighted by atomic mass is 10.1. The summed E-state index contributed by atoms with van der Waals surface area (Å²) in [6, 6.07) is 11.3. The van der Waals surface area contributed by atoms with Crippen molar-refractivity contribution in [1.29, 1.82) is 0 Å². The minimum absolute atomic E-state index is 0.506. The molecule has 1 heterocycles. The summed E-state index contributed by atoms with van der Waals surface area (Å²) in [5.41, 5.74) is 1.80. The molecule has 1 atom stereocenters. The summed E-state index contributed by atoms with van der Waals surface area (Å²) in [4.78, 5) is 4.17. The number of aryl methyl sites for hydroxylation is 1. The van der Waals surface area contributed by atoms with Gasteiger partial charge in [-0.1, -0.05) is 18.2 Å². The number of hydrogen-bond donors (Lipinski definition) is 1. The van der Waals surface area contributed by atoms with E-state index in [0.717, 1.165) is 16.9 Å². The van der Waals surface area contributed by atoms with Gasteiger partial charge in [0.15, 0.2) is 0 Å². The Bertz CT molecular complexity index is 495. The van der Waals surface area contributed by atoms with Crippen LogP contribution in [0.3, 0.4) is 0 Å². The van der Waals surface area contributed by atoms with E-state index in [1.54, 1.807) is 13.1 Å². The molecule has 1 unspecified atom stereocenters. The van der Waals surface area contributed by atoms with Crippen LogP contribution in [0.2, 0.25) is 0 Å². The van der Waals surface area contributed by atoms with Gasteiger partial charge in [-0.15, -0.1) is 0 Å². The molecular formula is C14H15NO2. The first kappa shape index (κ1) is 11.6. The molecule has 0 aliphatic carbocycles. The van der Waals surface area contributed by atoms with Crippen LogP contribution in [0.25, 0.3) is 0 Å². The van der Waals surface area contributed by atoms with Gasteiger partial charge < -0.3 is 9.84 Å². The van der Waals surface area contributed by atoms with Gasteiger partial charge in [-0.2, -0.15) is 0 Å². The van der Waals surface area contributed by atoms with Gasteiger partial charge in [-0.25, -0.2) is 4.98 Å². The number of pyridine rings is 1. The average molecular weight is 229 g/mol. The zero-order valence-electron chi connectivity index (χ0n) is 9.92. The lowest BCUT2D eigenvalue weighted by molar-refractivity contribution is 0.198. The summed E-state index contributed by atoms with van der Waals surface area (Å²) in [7, 11) is 0. The molecule has 3 heteroatoms. The maximum Gasteiger partial charge on any atom is 0.219 e. The molecule has 0 amide bonds. The van der Waals surface area contributed by atoms with Crippen LogP contribution in [0.5, 0.6) is 11.6 Å². The highest BCUT2D eigenvalue weighted by Crippen LogP contribution is 2.23. The summed E-state index contributed by atoms with van der Waals surface area (Å²) < 4.78 is 5.60. The zero-order chi connectivity index (χ0) is 12.3. The Labute approximate surface area is 101 Å². The third kappa shape index (κ3) is 2.82. The molecule has 2 rings (SSSR count). The molecule has 0 spiro atoms. The number of rotatable bonds is 3. The quantitative estimate of drug-likeness (QED) is 0.878. The standard InChI is InChI=1S/C14H15NO2/c1-10-8-14(15-9-13(10)11(2)16)17-12-6-4-3-5-7-12/h3-9,11,16H,1-2H3. The Balaban J connectivity index is 2.21. The van der Waals surface area contributed by atoms with Gasteiger partial charge in [0.25, 0.3) is 0 Å². The van der Waals surface area contributed by atoms with E-state index in [2.05, 4.69) is 4.98 Å². The van der Waals surface area contributed by atoms with Gasteiger partial charge in [-0.3, -0.25) is 0 Å². The fraction of sp³-hybridized carbons (Fsp3) is 0.214. The van der Waals surface area contributed by atoms with Crippen molar-refractivity contribution in [3.05, 3.63) is 53.7 Å². The van der Waals surface area contributed by atoms with Gasteiger partial charge in [0.1, 0.15) is 5.75 Å². The summed E-state index contributed by atoms with van der Waals surface area (Å²) in [6.07, 6.45) is 1.14. The molecule has 0 fully saturated rings. The van der Waals surface area contributed by atoms with E-state index in [0.29, 0.717) is 5.88 Å². The van der Waals surface area contributed by atoms with E-state index in [4.69, 9.17) is 4.74 Å². The van der Waals surface area contributed by atoms with E-state index in [-0.39, 0.29) is 0 Å². The van der Waals surface area contributed by atoms with Crippen LogP contribution in [0.1, 0.15) is 24.2 Å².